The van der Waals surface area contributed by atoms with E-state index in [1.54, 1.807) is 0 Å². The minimum absolute atomic E-state index is 0.207. The molecule has 1 heterocycles. The van der Waals surface area contributed by atoms with E-state index in [4.69, 9.17) is 4.74 Å². The molecule has 1 N–H and O–H groups in total. The average molecular weight is 267 g/mol. The van der Waals surface area contributed by atoms with Crippen LogP contribution in [0.4, 0.5) is 8.78 Å². The van der Waals surface area contributed by atoms with Gasteiger partial charge in [0.15, 0.2) is 0 Å². The smallest absolute Gasteiger partial charge is 0.129 e. The molecule has 1 spiro atoms. The lowest BCUT2D eigenvalue weighted by Crippen LogP contribution is -2.32. The average Bonchev–Trinajstić information content (AvgIpc) is 2.75. The summed E-state index contributed by atoms with van der Waals surface area (Å²) >= 11 is 0. The highest BCUT2D eigenvalue weighted by Gasteiger charge is 2.37. The SMILES string of the molecule is Fc1ccc(F)c(C2CNCC3(CCCC3)CO2)c1. The number of nitrogens with one attached hydrogen (secondary N) is 1. The van der Waals surface area contributed by atoms with Crippen LogP contribution in [0.15, 0.2) is 18.2 Å². The molecule has 1 aliphatic carbocycles. The predicted octanol–water partition coefficient (Wildman–Crippen LogP) is 3.19. The molecule has 1 aromatic carbocycles. The Bertz CT molecular complexity index is 457. The summed E-state index contributed by atoms with van der Waals surface area (Å²) in [5.41, 5.74) is 0.529. The molecule has 1 aromatic rings. The van der Waals surface area contributed by atoms with Crippen LogP contribution in [-0.4, -0.2) is 19.7 Å². The van der Waals surface area contributed by atoms with Gasteiger partial charge in [-0.15, -0.1) is 0 Å². The van der Waals surface area contributed by atoms with Crippen molar-refractivity contribution in [1.29, 1.82) is 0 Å². The van der Waals surface area contributed by atoms with Crippen LogP contribution in [0.5, 0.6) is 0 Å². The lowest BCUT2D eigenvalue weighted by atomic mass is 9.87. The summed E-state index contributed by atoms with van der Waals surface area (Å²) in [4.78, 5) is 0. The van der Waals surface area contributed by atoms with Crippen LogP contribution in [0.1, 0.15) is 37.4 Å². The number of rotatable bonds is 1. The Kier molecular flexibility index (Phi) is 3.54. The largest absolute Gasteiger partial charge is 0.371 e. The molecule has 3 rings (SSSR count). The van der Waals surface area contributed by atoms with Crippen LogP contribution in [0.2, 0.25) is 0 Å². The van der Waals surface area contributed by atoms with Gasteiger partial charge in [-0.3, -0.25) is 0 Å². The summed E-state index contributed by atoms with van der Waals surface area (Å²) in [5.74, 6) is -0.810. The Morgan fingerprint density at radius 1 is 1.21 bits per heavy atom. The van der Waals surface area contributed by atoms with Gasteiger partial charge in [0, 0.05) is 24.1 Å². The molecule has 2 aliphatic rings. The van der Waals surface area contributed by atoms with Gasteiger partial charge in [-0.1, -0.05) is 12.8 Å². The van der Waals surface area contributed by atoms with Crippen LogP contribution in [-0.2, 0) is 4.74 Å². The van der Waals surface area contributed by atoms with Crippen molar-refractivity contribution >= 4 is 0 Å². The van der Waals surface area contributed by atoms with Crippen LogP contribution in [0, 0.1) is 17.0 Å². The van der Waals surface area contributed by atoms with Crippen molar-refractivity contribution in [2.24, 2.45) is 5.41 Å². The maximum Gasteiger partial charge on any atom is 0.129 e. The van der Waals surface area contributed by atoms with Crippen molar-refractivity contribution in [3.8, 4) is 0 Å². The fourth-order valence-corrected chi connectivity index (χ4v) is 3.26. The topological polar surface area (TPSA) is 21.3 Å². The third-order valence-corrected chi connectivity index (χ3v) is 4.39. The van der Waals surface area contributed by atoms with Crippen LogP contribution in [0.25, 0.3) is 0 Å². The van der Waals surface area contributed by atoms with Crippen molar-refractivity contribution in [2.75, 3.05) is 19.7 Å². The molecule has 1 atom stereocenters. The quantitative estimate of drug-likeness (QED) is 0.843. The van der Waals surface area contributed by atoms with Crippen LogP contribution >= 0.6 is 0 Å². The van der Waals surface area contributed by atoms with E-state index in [0.29, 0.717) is 18.7 Å². The second-order valence-electron chi connectivity index (χ2n) is 5.80. The standard InChI is InChI=1S/C15H19F2NO/c16-11-3-4-13(17)12(7-11)14-8-18-9-15(10-19-14)5-1-2-6-15/h3-4,7,14,18H,1-2,5-6,8-10H2. The minimum Gasteiger partial charge on any atom is -0.371 e. The molecule has 0 radical (unpaired) electrons. The maximum absolute atomic E-state index is 13.8. The number of hydrogen-bond acceptors (Lipinski definition) is 2. The maximum atomic E-state index is 13.8. The first kappa shape index (κ1) is 13.0. The van der Waals surface area contributed by atoms with E-state index in [0.717, 1.165) is 12.6 Å². The first-order chi connectivity index (χ1) is 9.19. The van der Waals surface area contributed by atoms with Gasteiger partial charge in [0.2, 0.25) is 0 Å². The lowest BCUT2D eigenvalue weighted by molar-refractivity contribution is 0.0140. The van der Waals surface area contributed by atoms with Crippen molar-refractivity contribution in [2.45, 2.75) is 31.8 Å². The monoisotopic (exact) mass is 267 g/mol. The first-order valence-corrected chi connectivity index (χ1v) is 6.96. The third kappa shape index (κ3) is 2.65. The molecule has 0 amide bonds. The van der Waals surface area contributed by atoms with E-state index >= 15 is 0 Å². The Morgan fingerprint density at radius 2 is 2.00 bits per heavy atom. The molecule has 4 heteroatoms. The normalized spacial score (nSPS) is 26.5. The minimum atomic E-state index is -0.417. The Balaban J connectivity index is 1.77. The summed E-state index contributed by atoms with van der Waals surface area (Å²) in [6, 6.07) is 3.56. The van der Waals surface area contributed by atoms with Crippen molar-refractivity contribution in [3.05, 3.63) is 35.4 Å². The molecule has 0 bridgehead atoms. The van der Waals surface area contributed by atoms with E-state index in [9.17, 15) is 8.78 Å². The van der Waals surface area contributed by atoms with Crippen LogP contribution in [0.3, 0.4) is 0 Å². The Morgan fingerprint density at radius 3 is 2.79 bits per heavy atom. The number of ether oxygens (including phenoxy) is 1. The lowest BCUT2D eigenvalue weighted by Gasteiger charge is -2.26. The molecule has 2 nitrogen and oxygen atoms in total. The molecule has 19 heavy (non-hydrogen) atoms. The fraction of sp³-hybridized carbons (Fsp3) is 0.600. The third-order valence-electron chi connectivity index (χ3n) is 4.39. The summed E-state index contributed by atoms with van der Waals surface area (Å²) in [5, 5.41) is 3.36. The van der Waals surface area contributed by atoms with Gasteiger partial charge < -0.3 is 10.1 Å². The zero-order valence-corrected chi connectivity index (χ0v) is 10.9. The number of halogens is 2. The summed E-state index contributed by atoms with van der Waals surface area (Å²) < 4.78 is 32.9. The number of benzene rings is 1. The summed E-state index contributed by atoms with van der Waals surface area (Å²) in [7, 11) is 0. The van der Waals surface area contributed by atoms with E-state index < -0.39 is 17.7 Å². The molecule has 104 valence electrons. The molecule has 1 aliphatic heterocycles. The fourth-order valence-electron chi connectivity index (χ4n) is 3.26. The summed E-state index contributed by atoms with van der Waals surface area (Å²) in [6.45, 7) is 2.10. The van der Waals surface area contributed by atoms with E-state index in [1.807, 2.05) is 0 Å². The molecular formula is C15H19F2NO. The van der Waals surface area contributed by atoms with Gasteiger partial charge in [-0.25, -0.2) is 8.78 Å². The number of hydrogen-bond donors (Lipinski definition) is 1. The molecular weight excluding hydrogens is 248 g/mol. The van der Waals surface area contributed by atoms with Gasteiger partial charge in [0.1, 0.15) is 11.6 Å². The van der Waals surface area contributed by atoms with E-state index in [1.165, 1.54) is 37.8 Å². The highest BCUT2D eigenvalue weighted by molar-refractivity contribution is 5.22. The molecule has 0 aromatic heterocycles. The first-order valence-electron chi connectivity index (χ1n) is 6.96. The van der Waals surface area contributed by atoms with Gasteiger partial charge in [0.05, 0.1) is 12.7 Å². The highest BCUT2D eigenvalue weighted by Crippen LogP contribution is 2.40. The second-order valence-corrected chi connectivity index (χ2v) is 5.80. The Labute approximate surface area is 112 Å². The van der Waals surface area contributed by atoms with Crippen molar-refractivity contribution < 1.29 is 13.5 Å². The highest BCUT2D eigenvalue weighted by atomic mass is 19.1. The van der Waals surface area contributed by atoms with Gasteiger partial charge >= 0.3 is 0 Å². The molecule has 1 saturated carbocycles. The van der Waals surface area contributed by atoms with Crippen molar-refractivity contribution in [3.63, 3.8) is 0 Å². The predicted molar refractivity (Wildman–Crippen MR) is 68.8 cm³/mol. The molecule has 1 saturated heterocycles. The zero-order valence-electron chi connectivity index (χ0n) is 10.9. The molecule has 1 unspecified atom stereocenters. The van der Waals surface area contributed by atoms with Gasteiger partial charge in [-0.2, -0.15) is 0 Å². The van der Waals surface area contributed by atoms with E-state index in [-0.39, 0.29) is 5.41 Å². The second kappa shape index (κ2) is 5.17. The Hall–Kier alpha value is -1.00. The summed E-state index contributed by atoms with van der Waals surface area (Å²) in [6.07, 6.45) is 4.42. The van der Waals surface area contributed by atoms with Gasteiger partial charge in [-0.05, 0) is 31.0 Å². The van der Waals surface area contributed by atoms with E-state index in [2.05, 4.69) is 5.32 Å². The van der Waals surface area contributed by atoms with Crippen LogP contribution < -0.4 is 5.32 Å². The molecule has 2 fully saturated rings. The zero-order chi connectivity index (χ0) is 13.3. The van der Waals surface area contributed by atoms with Gasteiger partial charge in [0.25, 0.3) is 0 Å². The van der Waals surface area contributed by atoms with Crippen molar-refractivity contribution in [1.82, 2.24) is 5.32 Å².